The third kappa shape index (κ3) is 4.11. The van der Waals surface area contributed by atoms with E-state index in [9.17, 15) is 9.59 Å². The molecule has 0 heterocycles. The molecule has 3 aromatic rings. The molecule has 1 aliphatic carbocycles. The normalized spacial score (nSPS) is 13.2. The van der Waals surface area contributed by atoms with Crippen molar-refractivity contribution in [3.8, 4) is 11.1 Å². The van der Waals surface area contributed by atoms with E-state index in [-0.39, 0.29) is 18.3 Å². The highest BCUT2D eigenvalue weighted by molar-refractivity contribution is 5.84. The van der Waals surface area contributed by atoms with E-state index in [2.05, 4.69) is 41.7 Å². The first-order chi connectivity index (χ1) is 15.0. The Kier molecular flexibility index (Phi) is 5.90. The molecule has 31 heavy (non-hydrogen) atoms. The summed E-state index contributed by atoms with van der Waals surface area (Å²) in [4.78, 5) is 24.0. The van der Waals surface area contributed by atoms with Crippen LogP contribution in [0.25, 0.3) is 11.1 Å². The van der Waals surface area contributed by atoms with E-state index in [1.54, 1.807) is 6.92 Å². The summed E-state index contributed by atoms with van der Waals surface area (Å²) in [6, 6.07) is 24.7. The minimum absolute atomic E-state index is 0.0451. The predicted octanol–water partition coefficient (Wildman–Crippen LogP) is 4.79. The van der Waals surface area contributed by atoms with E-state index in [0.29, 0.717) is 6.61 Å². The van der Waals surface area contributed by atoms with Crippen molar-refractivity contribution in [1.82, 2.24) is 5.32 Å². The Morgan fingerprint density at radius 2 is 1.39 bits per heavy atom. The van der Waals surface area contributed by atoms with Gasteiger partial charge in [-0.05, 0) is 53.1 Å². The predicted molar refractivity (Wildman–Crippen MR) is 122 cm³/mol. The van der Waals surface area contributed by atoms with Crippen molar-refractivity contribution in [2.75, 3.05) is 6.61 Å². The quantitative estimate of drug-likeness (QED) is 0.567. The van der Waals surface area contributed by atoms with Crippen LogP contribution in [0.4, 0.5) is 0 Å². The number of fused-ring (bicyclic) bond motifs is 3. The van der Waals surface area contributed by atoms with E-state index < -0.39 is 5.54 Å². The molecule has 0 bridgehead atoms. The van der Waals surface area contributed by atoms with E-state index in [1.165, 1.54) is 16.7 Å². The zero-order valence-electron chi connectivity index (χ0n) is 18.0. The van der Waals surface area contributed by atoms with E-state index in [4.69, 9.17) is 4.74 Å². The molecule has 0 spiro atoms. The van der Waals surface area contributed by atoms with Gasteiger partial charge in [-0.1, -0.05) is 72.8 Å². The first-order valence-electron chi connectivity index (χ1n) is 10.7. The van der Waals surface area contributed by atoms with Crippen molar-refractivity contribution in [2.24, 2.45) is 0 Å². The van der Waals surface area contributed by atoms with Gasteiger partial charge in [0.2, 0.25) is 5.91 Å². The summed E-state index contributed by atoms with van der Waals surface area (Å²) in [5.41, 5.74) is 6.20. The number of aryl methyl sites for hydroxylation is 1. The summed E-state index contributed by atoms with van der Waals surface area (Å²) in [5, 5.41) is 3.29. The van der Waals surface area contributed by atoms with Gasteiger partial charge < -0.3 is 10.1 Å². The van der Waals surface area contributed by atoms with Gasteiger partial charge >= 0.3 is 5.97 Å². The third-order valence-electron chi connectivity index (χ3n) is 5.92. The number of carbonyl (C=O) groups is 2. The van der Waals surface area contributed by atoms with Crippen molar-refractivity contribution >= 4 is 11.9 Å². The fourth-order valence-corrected chi connectivity index (χ4v) is 4.63. The maximum Gasteiger partial charge on any atom is 0.310 e. The average molecular weight is 414 g/mol. The molecule has 0 saturated carbocycles. The molecule has 0 fully saturated rings. The first kappa shape index (κ1) is 20.9. The fraction of sp³-hybridized carbons (Fsp3) is 0.259. The van der Waals surface area contributed by atoms with Gasteiger partial charge in [-0.15, -0.1) is 0 Å². The lowest BCUT2D eigenvalue weighted by Gasteiger charge is -2.33. The Labute approximate surface area is 183 Å². The van der Waals surface area contributed by atoms with Gasteiger partial charge in [0, 0.05) is 6.92 Å². The molecule has 4 rings (SSSR count). The molecule has 1 aliphatic rings. The molecule has 1 N–H and O–H groups in total. The Hall–Kier alpha value is -3.40. The molecule has 0 aliphatic heterocycles. The lowest BCUT2D eigenvalue weighted by Crippen LogP contribution is -2.45. The van der Waals surface area contributed by atoms with Crippen LogP contribution >= 0.6 is 0 Å². The molecular weight excluding hydrogens is 386 g/mol. The Balaban J connectivity index is 1.62. The van der Waals surface area contributed by atoms with Crippen molar-refractivity contribution in [2.45, 2.75) is 38.6 Å². The Morgan fingerprint density at radius 1 is 0.839 bits per heavy atom. The van der Waals surface area contributed by atoms with Crippen LogP contribution in [0, 0.1) is 0 Å². The van der Waals surface area contributed by atoms with Crippen LogP contribution in [0.2, 0.25) is 0 Å². The topological polar surface area (TPSA) is 55.4 Å². The molecule has 0 aromatic heterocycles. The highest BCUT2D eigenvalue weighted by atomic mass is 16.5. The van der Waals surface area contributed by atoms with Gasteiger partial charge in [0.15, 0.2) is 0 Å². The van der Waals surface area contributed by atoms with Gasteiger partial charge in [0.25, 0.3) is 0 Å². The number of nitrogens with one attached hydrogen (secondary N) is 1. The summed E-state index contributed by atoms with van der Waals surface area (Å²) in [5.74, 6) is -0.254. The minimum Gasteiger partial charge on any atom is -0.466 e. The highest BCUT2D eigenvalue weighted by Gasteiger charge is 2.43. The second-order valence-corrected chi connectivity index (χ2v) is 7.98. The van der Waals surface area contributed by atoms with Gasteiger partial charge in [-0.3, -0.25) is 9.59 Å². The van der Waals surface area contributed by atoms with Gasteiger partial charge in [0.1, 0.15) is 0 Å². The number of esters is 1. The molecule has 0 atom stereocenters. The Morgan fingerprint density at radius 3 is 1.94 bits per heavy atom. The van der Waals surface area contributed by atoms with Crippen LogP contribution in [0.3, 0.4) is 0 Å². The van der Waals surface area contributed by atoms with Gasteiger partial charge in [0.05, 0.1) is 18.6 Å². The summed E-state index contributed by atoms with van der Waals surface area (Å²) in [6.45, 7) is 3.78. The molecule has 4 heteroatoms. The van der Waals surface area contributed by atoms with Gasteiger partial charge in [-0.25, -0.2) is 0 Å². The average Bonchev–Trinajstić information content (AvgIpc) is 3.04. The van der Waals surface area contributed by atoms with Crippen LogP contribution in [0.5, 0.6) is 0 Å². The summed E-state index contributed by atoms with van der Waals surface area (Å²) in [7, 11) is 0. The van der Waals surface area contributed by atoms with Crippen LogP contribution in [0.15, 0.2) is 72.8 Å². The van der Waals surface area contributed by atoms with E-state index >= 15 is 0 Å². The lowest BCUT2D eigenvalue weighted by atomic mass is 9.82. The van der Waals surface area contributed by atoms with Crippen LogP contribution < -0.4 is 5.32 Å². The number of rotatable bonds is 7. The standard InChI is InChI=1S/C27H27NO3/c1-3-31-26(30)18-21-14-12-20(13-15-21)16-17-27(28-19(2)29)24-10-6-4-8-22(24)23-9-5-7-11-25(23)27/h4-15H,3,16-18H2,1-2H3,(H,28,29). The second-order valence-electron chi connectivity index (χ2n) is 7.98. The number of amides is 1. The monoisotopic (exact) mass is 413 g/mol. The largest absolute Gasteiger partial charge is 0.466 e. The molecule has 0 radical (unpaired) electrons. The van der Waals surface area contributed by atoms with Crippen molar-refractivity contribution in [3.05, 3.63) is 95.1 Å². The smallest absolute Gasteiger partial charge is 0.310 e. The molecule has 0 unspecified atom stereocenters. The fourth-order valence-electron chi connectivity index (χ4n) is 4.63. The third-order valence-corrected chi connectivity index (χ3v) is 5.92. The zero-order chi connectivity index (χ0) is 21.8. The van der Waals surface area contributed by atoms with E-state index in [1.807, 2.05) is 43.3 Å². The summed E-state index contributed by atoms with van der Waals surface area (Å²) in [6.07, 6.45) is 1.82. The number of hydrogen-bond acceptors (Lipinski definition) is 3. The molecule has 158 valence electrons. The lowest BCUT2D eigenvalue weighted by molar-refractivity contribution is -0.142. The molecule has 0 saturated heterocycles. The molecule has 4 nitrogen and oxygen atoms in total. The maximum absolute atomic E-state index is 12.3. The van der Waals surface area contributed by atoms with Crippen LogP contribution in [-0.4, -0.2) is 18.5 Å². The zero-order valence-corrected chi connectivity index (χ0v) is 18.0. The van der Waals surface area contributed by atoms with Gasteiger partial charge in [-0.2, -0.15) is 0 Å². The SMILES string of the molecule is CCOC(=O)Cc1ccc(CCC2(NC(C)=O)c3ccccc3-c3ccccc32)cc1. The molecule has 1 amide bonds. The maximum atomic E-state index is 12.3. The highest BCUT2D eigenvalue weighted by Crippen LogP contribution is 2.49. The van der Waals surface area contributed by atoms with Crippen molar-refractivity contribution in [3.63, 3.8) is 0 Å². The van der Waals surface area contributed by atoms with Crippen molar-refractivity contribution in [1.29, 1.82) is 0 Å². The van der Waals surface area contributed by atoms with Crippen molar-refractivity contribution < 1.29 is 14.3 Å². The molecule has 3 aromatic carbocycles. The van der Waals surface area contributed by atoms with Crippen LogP contribution in [0.1, 0.15) is 42.5 Å². The summed E-state index contributed by atoms with van der Waals surface area (Å²) < 4.78 is 5.03. The second kappa shape index (κ2) is 8.76. The minimum atomic E-state index is -0.553. The first-order valence-corrected chi connectivity index (χ1v) is 10.7. The van der Waals surface area contributed by atoms with Crippen LogP contribution in [-0.2, 0) is 32.7 Å². The number of ether oxygens (including phenoxy) is 1. The number of hydrogen-bond donors (Lipinski definition) is 1. The molecular formula is C27H27NO3. The summed E-state index contributed by atoms with van der Waals surface area (Å²) >= 11 is 0. The number of carbonyl (C=O) groups excluding carboxylic acids is 2. The number of benzene rings is 3. The van der Waals surface area contributed by atoms with E-state index in [0.717, 1.165) is 29.5 Å². The Bertz CT molecular complexity index is 1060.